The third kappa shape index (κ3) is 4.47. The highest BCUT2D eigenvalue weighted by atomic mass is 16.5. The summed E-state index contributed by atoms with van der Waals surface area (Å²) < 4.78 is 5.61. The summed E-state index contributed by atoms with van der Waals surface area (Å²) in [7, 11) is 0. The van der Waals surface area contributed by atoms with Gasteiger partial charge in [0, 0.05) is 17.1 Å². The summed E-state index contributed by atoms with van der Waals surface area (Å²) in [6, 6.07) is 11.8. The Labute approximate surface area is 157 Å². The minimum absolute atomic E-state index is 0.168. The smallest absolute Gasteiger partial charge is 0.276 e. The average Bonchev–Trinajstić information content (AvgIpc) is 3.02. The quantitative estimate of drug-likeness (QED) is 0.608. The molecule has 0 radical (unpaired) electrons. The van der Waals surface area contributed by atoms with Crippen molar-refractivity contribution in [3.63, 3.8) is 0 Å². The number of H-pyrrole nitrogens is 1. The second-order valence-corrected chi connectivity index (χ2v) is 6.65. The second kappa shape index (κ2) is 7.95. The number of hydrazine groups is 1. The fourth-order valence-electron chi connectivity index (χ4n) is 3.20. The van der Waals surface area contributed by atoms with E-state index in [1.54, 1.807) is 6.20 Å². The number of para-hydroxylation sites is 1. The van der Waals surface area contributed by atoms with Gasteiger partial charge in [-0.3, -0.25) is 20.4 Å². The topological polar surface area (TPSA) is 83.2 Å². The Hall–Kier alpha value is -3.28. The van der Waals surface area contributed by atoms with Crippen LogP contribution >= 0.6 is 0 Å². The molecule has 27 heavy (non-hydrogen) atoms. The second-order valence-electron chi connectivity index (χ2n) is 6.65. The molecule has 3 aromatic rings. The van der Waals surface area contributed by atoms with Gasteiger partial charge in [0.05, 0.1) is 6.42 Å². The lowest BCUT2D eigenvalue weighted by molar-refractivity contribution is -0.129. The van der Waals surface area contributed by atoms with E-state index in [2.05, 4.69) is 15.8 Å². The molecule has 0 bridgehead atoms. The molecule has 3 rings (SSSR count). The molecule has 0 aliphatic rings. The van der Waals surface area contributed by atoms with E-state index >= 15 is 0 Å². The highest BCUT2D eigenvalue weighted by Crippen LogP contribution is 2.24. The van der Waals surface area contributed by atoms with Gasteiger partial charge in [-0.15, -0.1) is 0 Å². The number of hydrogen-bond donors (Lipinski definition) is 3. The van der Waals surface area contributed by atoms with Crippen molar-refractivity contribution in [2.24, 2.45) is 0 Å². The fourth-order valence-corrected chi connectivity index (χ4v) is 3.20. The summed E-state index contributed by atoms with van der Waals surface area (Å²) in [6.07, 6.45) is 1.97. The maximum absolute atomic E-state index is 12.1. The van der Waals surface area contributed by atoms with Gasteiger partial charge in [0.1, 0.15) is 5.75 Å². The molecule has 0 unspecified atom stereocenters. The lowest BCUT2D eigenvalue weighted by atomic mass is 10.1. The van der Waals surface area contributed by atoms with E-state index in [9.17, 15) is 9.59 Å². The molecular weight excluding hydrogens is 342 g/mol. The van der Waals surface area contributed by atoms with Gasteiger partial charge in [0.15, 0.2) is 6.61 Å². The number of nitrogens with one attached hydrogen (secondary N) is 3. The Morgan fingerprint density at radius 3 is 2.41 bits per heavy atom. The van der Waals surface area contributed by atoms with Crippen molar-refractivity contribution in [3.05, 3.63) is 64.8 Å². The number of benzene rings is 2. The molecule has 6 heteroatoms. The first-order chi connectivity index (χ1) is 12.9. The van der Waals surface area contributed by atoms with Gasteiger partial charge in [-0.1, -0.05) is 35.9 Å². The standard InChI is InChI=1S/C21H23N3O3/c1-13-8-14(2)21(15(3)9-13)27-12-20(26)24-23-19(25)10-16-11-22-18-7-5-4-6-17(16)18/h4-9,11,22H,10,12H2,1-3H3,(H,23,25)(H,24,26). The third-order valence-corrected chi connectivity index (χ3v) is 4.32. The highest BCUT2D eigenvalue weighted by molar-refractivity contribution is 5.89. The van der Waals surface area contributed by atoms with Crippen molar-refractivity contribution in [1.29, 1.82) is 0 Å². The van der Waals surface area contributed by atoms with E-state index in [-0.39, 0.29) is 18.9 Å². The van der Waals surface area contributed by atoms with Crippen LogP contribution in [0.5, 0.6) is 5.75 Å². The van der Waals surface area contributed by atoms with E-state index < -0.39 is 5.91 Å². The normalized spacial score (nSPS) is 10.6. The highest BCUT2D eigenvalue weighted by Gasteiger charge is 2.11. The van der Waals surface area contributed by atoms with Crippen LogP contribution in [0.15, 0.2) is 42.6 Å². The number of carbonyl (C=O) groups is 2. The lowest BCUT2D eigenvalue weighted by Crippen LogP contribution is -2.44. The number of aryl methyl sites for hydroxylation is 3. The predicted molar refractivity (Wildman–Crippen MR) is 104 cm³/mol. The van der Waals surface area contributed by atoms with Gasteiger partial charge in [0.25, 0.3) is 5.91 Å². The van der Waals surface area contributed by atoms with Gasteiger partial charge in [0.2, 0.25) is 5.91 Å². The Kier molecular flexibility index (Phi) is 5.45. The molecule has 2 aromatic carbocycles. The summed E-state index contributed by atoms with van der Waals surface area (Å²) in [4.78, 5) is 27.2. The van der Waals surface area contributed by atoms with Gasteiger partial charge < -0.3 is 9.72 Å². The largest absolute Gasteiger partial charge is 0.483 e. The number of hydrogen-bond acceptors (Lipinski definition) is 3. The van der Waals surface area contributed by atoms with E-state index in [4.69, 9.17) is 4.74 Å². The van der Waals surface area contributed by atoms with Crippen LogP contribution < -0.4 is 15.6 Å². The molecule has 0 saturated heterocycles. The van der Waals surface area contributed by atoms with Crippen LogP contribution in [0, 0.1) is 20.8 Å². The zero-order valence-corrected chi connectivity index (χ0v) is 15.7. The Morgan fingerprint density at radius 2 is 1.67 bits per heavy atom. The Balaban J connectivity index is 1.50. The summed E-state index contributed by atoms with van der Waals surface area (Å²) in [5, 5.41) is 0.993. The summed E-state index contributed by atoms with van der Waals surface area (Å²) in [5.74, 6) is -0.0154. The van der Waals surface area contributed by atoms with Crippen LogP contribution in [-0.2, 0) is 16.0 Å². The van der Waals surface area contributed by atoms with Crippen LogP contribution in [0.4, 0.5) is 0 Å². The number of aromatic amines is 1. The SMILES string of the molecule is Cc1cc(C)c(OCC(=O)NNC(=O)Cc2c[nH]c3ccccc23)c(C)c1. The summed E-state index contributed by atoms with van der Waals surface area (Å²) >= 11 is 0. The van der Waals surface area contributed by atoms with Gasteiger partial charge >= 0.3 is 0 Å². The summed E-state index contributed by atoms with van der Waals surface area (Å²) in [5.41, 5.74) is 9.76. The molecule has 0 saturated carbocycles. The number of rotatable bonds is 5. The van der Waals surface area contributed by atoms with Crippen molar-refractivity contribution >= 4 is 22.7 Å². The first-order valence-corrected chi connectivity index (χ1v) is 8.77. The van der Waals surface area contributed by atoms with E-state index in [1.165, 1.54) is 0 Å². The minimum Gasteiger partial charge on any atom is -0.483 e. The molecule has 0 aliphatic heterocycles. The molecule has 140 valence electrons. The molecule has 6 nitrogen and oxygen atoms in total. The van der Waals surface area contributed by atoms with Crippen molar-refractivity contribution in [2.45, 2.75) is 27.2 Å². The molecule has 2 amide bonds. The molecule has 3 N–H and O–H groups in total. The third-order valence-electron chi connectivity index (χ3n) is 4.32. The Morgan fingerprint density at radius 1 is 1.00 bits per heavy atom. The maximum atomic E-state index is 12.1. The zero-order valence-electron chi connectivity index (χ0n) is 15.7. The first-order valence-electron chi connectivity index (χ1n) is 8.77. The van der Waals surface area contributed by atoms with Gasteiger partial charge in [-0.05, 0) is 43.5 Å². The molecule has 0 atom stereocenters. The van der Waals surface area contributed by atoms with Crippen molar-refractivity contribution in [1.82, 2.24) is 15.8 Å². The number of carbonyl (C=O) groups excluding carboxylic acids is 2. The molecule has 1 heterocycles. The summed E-state index contributed by atoms with van der Waals surface area (Å²) in [6.45, 7) is 5.73. The number of amides is 2. The first kappa shape index (κ1) is 18.5. The fraction of sp³-hybridized carbons (Fsp3) is 0.238. The van der Waals surface area contributed by atoms with Gasteiger partial charge in [-0.25, -0.2) is 0 Å². The Bertz CT molecular complexity index is 968. The maximum Gasteiger partial charge on any atom is 0.276 e. The zero-order chi connectivity index (χ0) is 19.4. The van der Waals surface area contributed by atoms with E-state index in [0.29, 0.717) is 5.75 Å². The minimum atomic E-state index is -0.415. The molecule has 0 spiro atoms. The molecular formula is C21H23N3O3. The number of ether oxygens (including phenoxy) is 1. The molecule has 1 aromatic heterocycles. The van der Waals surface area contributed by atoms with Crippen LogP contribution in [-0.4, -0.2) is 23.4 Å². The molecule has 0 aliphatic carbocycles. The monoisotopic (exact) mass is 365 g/mol. The van der Waals surface area contributed by atoms with E-state index in [1.807, 2.05) is 57.2 Å². The lowest BCUT2D eigenvalue weighted by Gasteiger charge is -2.13. The van der Waals surface area contributed by atoms with Gasteiger partial charge in [-0.2, -0.15) is 0 Å². The van der Waals surface area contributed by atoms with Crippen LogP contribution in [0.1, 0.15) is 22.3 Å². The van der Waals surface area contributed by atoms with Crippen LogP contribution in [0.2, 0.25) is 0 Å². The van der Waals surface area contributed by atoms with Crippen LogP contribution in [0.3, 0.4) is 0 Å². The van der Waals surface area contributed by atoms with Crippen molar-refractivity contribution < 1.29 is 14.3 Å². The average molecular weight is 365 g/mol. The van der Waals surface area contributed by atoms with Crippen molar-refractivity contribution in [2.75, 3.05) is 6.61 Å². The molecule has 0 fully saturated rings. The predicted octanol–water partition coefficient (Wildman–Crippen LogP) is 2.86. The van der Waals surface area contributed by atoms with E-state index in [0.717, 1.165) is 33.2 Å². The number of aromatic nitrogens is 1. The van der Waals surface area contributed by atoms with Crippen LogP contribution in [0.25, 0.3) is 10.9 Å². The van der Waals surface area contributed by atoms with Crippen molar-refractivity contribution in [3.8, 4) is 5.75 Å². The number of fused-ring (bicyclic) bond motifs is 1.